The zero-order valence-corrected chi connectivity index (χ0v) is 11.9. The second-order valence-corrected chi connectivity index (χ2v) is 5.83. The Morgan fingerprint density at radius 2 is 2.06 bits per heavy atom. The Balaban J connectivity index is 2.10. The van der Waals surface area contributed by atoms with Gasteiger partial charge in [-0.05, 0) is 17.0 Å². The van der Waals surface area contributed by atoms with Crippen LogP contribution in [0.3, 0.4) is 0 Å². The zero-order valence-electron chi connectivity index (χ0n) is 11.1. The number of halogens is 1. The smallest absolute Gasteiger partial charge is 0.152 e. The van der Waals surface area contributed by atoms with Gasteiger partial charge < -0.3 is 4.74 Å². The van der Waals surface area contributed by atoms with Gasteiger partial charge >= 0.3 is 0 Å². The minimum Gasteiger partial charge on any atom is -0.485 e. The van der Waals surface area contributed by atoms with Crippen LogP contribution >= 0.6 is 11.8 Å². The number of nitrogens with zero attached hydrogens (tertiary/aromatic N) is 2. The van der Waals surface area contributed by atoms with Gasteiger partial charge in [0.2, 0.25) is 0 Å². The molecule has 0 amide bonds. The van der Waals surface area contributed by atoms with E-state index in [0.29, 0.717) is 6.61 Å². The molecule has 1 aliphatic heterocycles. The third-order valence-corrected chi connectivity index (χ3v) is 3.29. The lowest BCUT2D eigenvalue weighted by Crippen LogP contribution is -2.24. The Hall–Kier alpha value is -1.22. The highest BCUT2D eigenvalue weighted by Gasteiger charge is 2.20. The molecule has 1 heterocycles. The monoisotopic (exact) mass is 266 g/mol. The van der Waals surface area contributed by atoms with Crippen molar-refractivity contribution in [2.24, 2.45) is 4.99 Å². The van der Waals surface area contributed by atoms with E-state index in [4.69, 9.17) is 16.5 Å². The normalized spacial score (nSPS) is 15.8. The van der Waals surface area contributed by atoms with Crippen molar-refractivity contribution in [2.75, 3.05) is 19.7 Å². The predicted molar refractivity (Wildman–Crippen MR) is 75.5 cm³/mol. The van der Waals surface area contributed by atoms with Crippen LogP contribution in [0.5, 0.6) is 5.75 Å². The van der Waals surface area contributed by atoms with E-state index in [-0.39, 0.29) is 5.41 Å². The third-order valence-electron chi connectivity index (χ3n) is 2.92. The van der Waals surface area contributed by atoms with Crippen molar-refractivity contribution in [2.45, 2.75) is 26.2 Å². The van der Waals surface area contributed by atoms with Gasteiger partial charge in [0.05, 0.1) is 13.1 Å². The van der Waals surface area contributed by atoms with Crippen LogP contribution in [-0.2, 0) is 5.41 Å². The van der Waals surface area contributed by atoms with Crippen molar-refractivity contribution in [1.82, 2.24) is 4.42 Å². The van der Waals surface area contributed by atoms with Crippen LogP contribution in [0.2, 0.25) is 0 Å². The summed E-state index contributed by atoms with van der Waals surface area (Å²) in [4.78, 5) is 4.31. The first-order valence-electron chi connectivity index (χ1n) is 6.17. The zero-order chi connectivity index (χ0) is 13.2. The molecule has 0 saturated carbocycles. The van der Waals surface area contributed by atoms with Gasteiger partial charge in [0.15, 0.2) is 5.84 Å². The minimum atomic E-state index is 0.0642. The van der Waals surface area contributed by atoms with Crippen LogP contribution in [0, 0.1) is 0 Å². The molecule has 1 aromatic carbocycles. The van der Waals surface area contributed by atoms with Gasteiger partial charge in [-0.3, -0.25) is 9.41 Å². The molecule has 2 rings (SSSR count). The molecule has 0 saturated heterocycles. The van der Waals surface area contributed by atoms with E-state index < -0.39 is 0 Å². The summed E-state index contributed by atoms with van der Waals surface area (Å²) in [7, 11) is 0. The van der Waals surface area contributed by atoms with Crippen LogP contribution < -0.4 is 4.74 Å². The Morgan fingerprint density at radius 3 is 2.67 bits per heavy atom. The Bertz CT molecular complexity index is 451. The van der Waals surface area contributed by atoms with Crippen LogP contribution in [-0.4, -0.2) is 30.0 Å². The van der Waals surface area contributed by atoms with Crippen LogP contribution in [0.15, 0.2) is 29.3 Å². The molecule has 0 atom stereocenters. The number of para-hydroxylation sites is 1. The number of hydrogen-bond donors (Lipinski definition) is 0. The molecule has 0 spiro atoms. The van der Waals surface area contributed by atoms with Gasteiger partial charge in [-0.25, -0.2) is 0 Å². The maximum absolute atomic E-state index is 6.00. The van der Waals surface area contributed by atoms with E-state index in [1.165, 1.54) is 5.56 Å². The average Bonchev–Trinajstić information content (AvgIpc) is 2.71. The van der Waals surface area contributed by atoms with E-state index in [1.807, 2.05) is 18.2 Å². The quantitative estimate of drug-likeness (QED) is 0.785. The van der Waals surface area contributed by atoms with Crippen molar-refractivity contribution in [3.8, 4) is 5.75 Å². The summed E-state index contributed by atoms with van der Waals surface area (Å²) in [5.41, 5.74) is 1.26. The summed E-state index contributed by atoms with van der Waals surface area (Å²) >= 11 is 6.00. The summed E-state index contributed by atoms with van der Waals surface area (Å²) in [6.45, 7) is 8.48. The van der Waals surface area contributed by atoms with Crippen molar-refractivity contribution in [3.63, 3.8) is 0 Å². The number of benzene rings is 1. The lowest BCUT2D eigenvalue weighted by atomic mass is 9.86. The van der Waals surface area contributed by atoms with Gasteiger partial charge in [0.25, 0.3) is 0 Å². The highest BCUT2D eigenvalue weighted by molar-refractivity contribution is 6.22. The summed E-state index contributed by atoms with van der Waals surface area (Å²) in [5, 5.41) is 0. The van der Waals surface area contributed by atoms with Crippen molar-refractivity contribution < 1.29 is 4.74 Å². The highest BCUT2D eigenvalue weighted by Crippen LogP contribution is 2.31. The third kappa shape index (κ3) is 2.96. The van der Waals surface area contributed by atoms with Crippen LogP contribution in [0.1, 0.15) is 26.3 Å². The molecule has 18 heavy (non-hydrogen) atoms. The summed E-state index contributed by atoms with van der Waals surface area (Å²) in [6.07, 6.45) is 0. The standard InChI is InChI=1S/C14H19ClN2O/c1-14(2,3)11-6-4-5-7-12(11)18-10-13-16-8-9-17(13)15/h4-7H,8-10H2,1-3H3. The molecule has 1 aromatic rings. The largest absolute Gasteiger partial charge is 0.485 e. The maximum atomic E-state index is 6.00. The van der Waals surface area contributed by atoms with Crippen LogP contribution in [0.4, 0.5) is 0 Å². The van der Waals surface area contributed by atoms with E-state index in [2.05, 4.69) is 31.8 Å². The maximum Gasteiger partial charge on any atom is 0.152 e. The fraction of sp³-hybridized carbons (Fsp3) is 0.500. The Morgan fingerprint density at radius 1 is 1.33 bits per heavy atom. The lowest BCUT2D eigenvalue weighted by Gasteiger charge is -2.23. The van der Waals surface area contributed by atoms with Crippen molar-refractivity contribution >= 4 is 17.6 Å². The Kier molecular flexibility index (Phi) is 3.81. The summed E-state index contributed by atoms with van der Waals surface area (Å²) in [5.74, 6) is 1.71. The summed E-state index contributed by atoms with van der Waals surface area (Å²) in [6, 6.07) is 8.12. The van der Waals surface area contributed by atoms with E-state index in [1.54, 1.807) is 4.42 Å². The fourth-order valence-corrected chi connectivity index (χ4v) is 2.12. The first-order valence-corrected chi connectivity index (χ1v) is 6.51. The number of aliphatic imine (C=N–C) groups is 1. The molecule has 4 heteroatoms. The number of amidine groups is 1. The van der Waals surface area contributed by atoms with Gasteiger partial charge in [-0.1, -0.05) is 39.0 Å². The molecule has 3 nitrogen and oxygen atoms in total. The first kappa shape index (κ1) is 13.2. The molecule has 98 valence electrons. The fourth-order valence-electron chi connectivity index (χ4n) is 1.94. The molecule has 0 radical (unpaired) electrons. The van der Waals surface area contributed by atoms with E-state index >= 15 is 0 Å². The molecule has 1 aliphatic rings. The number of ether oxygens (including phenoxy) is 1. The Labute approximate surface area is 114 Å². The SMILES string of the molecule is CC(C)(C)c1ccccc1OCC1=NCCN1Cl. The van der Waals surface area contributed by atoms with Gasteiger partial charge in [0.1, 0.15) is 12.4 Å². The lowest BCUT2D eigenvalue weighted by molar-refractivity contribution is 0.355. The van der Waals surface area contributed by atoms with Crippen molar-refractivity contribution in [3.05, 3.63) is 29.8 Å². The molecular formula is C14H19ClN2O. The molecule has 0 bridgehead atoms. The van der Waals surface area contributed by atoms with Gasteiger partial charge in [-0.2, -0.15) is 0 Å². The topological polar surface area (TPSA) is 24.8 Å². The molecule has 0 N–H and O–H groups in total. The number of rotatable bonds is 3. The van der Waals surface area contributed by atoms with Crippen LogP contribution in [0.25, 0.3) is 0 Å². The first-order chi connectivity index (χ1) is 8.48. The molecule has 0 aromatic heterocycles. The predicted octanol–water partition coefficient (Wildman–Crippen LogP) is 3.23. The average molecular weight is 267 g/mol. The molecule has 0 aliphatic carbocycles. The second-order valence-electron chi connectivity index (χ2n) is 5.42. The second kappa shape index (κ2) is 5.19. The minimum absolute atomic E-state index is 0.0642. The molecular weight excluding hydrogens is 248 g/mol. The summed E-state index contributed by atoms with van der Waals surface area (Å²) < 4.78 is 7.49. The highest BCUT2D eigenvalue weighted by atomic mass is 35.5. The number of hydrogen-bond acceptors (Lipinski definition) is 3. The molecule has 0 fully saturated rings. The van der Waals surface area contributed by atoms with Gasteiger partial charge in [-0.15, -0.1) is 0 Å². The van der Waals surface area contributed by atoms with Crippen molar-refractivity contribution in [1.29, 1.82) is 0 Å². The van der Waals surface area contributed by atoms with E-state index in [9.17, 15) is 0 Å². The van der Waals surface area contributed by atoms with Gasteiger partial charge in [0, 0.05) is 11.8 Å². The van der Waals surface area contributed by atoms with E-state index in [0.717, 1.165) is 24.7 Å². The molecule has 0 unspecified atom stereocenters.